The molecule has 5 heteroatoms. The first-order chi connectivity index (χ1) is 12.5. The van der Waals surface area contributed by atoms with E-state index in [2.05, 4.69) is 5.32 Å². The molecule has 3 rings (SSSR count). The lowest BCUT2D eigenvalue weighted by Gasteiger charge is -2.08. The largest absolute Gasteiger partial charge is 0.452 e. The quantitative estimate of drug-likeness (QED) is 0.712. The number of hydrogen-bond acceptors (Lipinski definition) is 3. The van der Waals surface area contributed by atoms with Gasteiger partial charge in [-0.25, -0.2) is 9.18 Å². The normalized spacial score (nSPS) is 10.5. The summed E-state index contributed by atoms with van der Waals surface area (Å²) in [5.74, 6) is -1.33. The summed E-state index contributed by atoms with van der Waals surface area (Å²) in [6, 6.07) is 17.6. The first-order valence-electron chi connectivity index (χ1n) is 8.20. The van der Waals surface area contributed by atoms with Gasteiger partial charge in [-0.15, -0.1) is 0 Å². The van der Waals surface area contributed by atoms with Gasteiger partial charge in [0.25, 0.3) is 5.91 Å². The molecule has 0 radical (unpaired) electrons. The summed E-state index contributed by atoms with van der Waals surface area (Å²) in [5.41, 5.74) is 1.57. The molecule has 0 heterocycles. The highest BCUT2D eigenvalue weighted by atomic mass is 19.1. The van der Waals surface area contributed by atoms with Crippen LogP contribution >= 0.6 is 0 Å². The topological polar surface area (TPSA) is 55.4 Å². The molecule has 26 heavy (non-hydrogen) atoms. The zero-order chi connectivity index (χ0) is 18.5. The predicted molar refractivity (Wildman–Crippen MR) is 97.2 cm³/mol. The van der Waals surface area contributed by atoms with Crippen LogP contribution < -0.4 is 5.32 Å². The molecule has 1 N–H and O–H groups in total. The van der Waals surface area contributed by atoms with Gasteiger partial charge in [0.15, 0.2) is 6.61 Å². The molecule has 4 nitrogen and oxygen atoms in total. The molecule has 0 unspecified atom stereocenters. The number of aryl methyl sites for hydroxylation is 1. The molecule has 0 atom stereocenters. The van der Waals surface area contributed by atoms with Gasteiger partial charge in [-0.3, -0.25) is 4.79 Å². The number of benzene rings is 3. The Bertz CT molecular complexity index is 968. The fraction of sp³-hybridized carbons (Fsp3) is 0.143. The lowest BCUT2D eigenvalue weighted by Crippen LogP contribution is -2.28. The molecule has 0 saturated carbocycles. The lowest BCUT2D eigenvalue weighted by atomic mass is 10.1. The van der Waals surface area contributed by atoms with Crippen molar-refractivity contribution < 1.29 is 18.7 Å². The number of halogens is 1. The van der Waals surface area contributed by atoms with E-state index in [1.165, 1.54) is 6.07 Å². The minimum Gasteiger partial charge on any atom is -0.452 e. The van der Waals surface area contributed by atoms with Crippen LogP contribution in [0.15, 0.2) is 60.7 Å². The molecule has 1 amide bonds. The second kappa shape index (κ2) is 7.78. The van der Waals surface area contributed by atoms with E-state index in [-0.39, 0.29) is 19.0 Å². The van der Waals surface area contributed by atoms with Crippen molar-refractivity contribution in [1.29, 1.82) is 0 Å². The minimum absolute atomic E-state index is 0.170. The molecule has 0 saturated heterocycles. The molecule has 0 aliphatic carbocycles. The molecule has 0 aliphatic rings. The van der Waals surface area contributed by atoms with Crippen LogP contribution in [-0.4, -0.2) is 18.5 Å². The molecule has 0 aliphatic heterocycles. The lowest BCUT2D eigenvalue weighted by molar-refractivity contribution is -0.124. The number of ether oxygens (including phenoxy) is 1. The Labute approximate surface area is 150 Å². The molecule has 3 aromatic carbocycles. The number of carbonyl (C=O) groups is 2. The van der Waals surface area contributed by atoms with Crippen molar-refractivity contribution in [2.75, 3.05) is 6.61 Å². The summed E-state index contributed by atoms with van der Waals surface area (Å²) in [5, 5.41) is 4.54. The van der Waals surface area contributed by atoms with Crippen molar-refractivity contribution in [2.45, 2.75) is 13.5 Å². The minimum atomic E-state index is -0.563. The third kappa shape index (κ3) is 4.25. The third-order valence-corrected chi connectivity index (χ3v) is 4.05. The molecule has 0 bridgehead atoms. The van der Waals surface area contributed by atoms with Crippen LogP contribution in [0.25, 0.3) is 10.8 Å². The highest BCUT2D eigenvalue weighted by molar-refractivity contribution is 5.96. The first kappa shape index (κ1) is 17.6. The average molecular weight is 351 g/mol. The number of esters is 1. The zero-order valence-electron chi connectivity index (χ0n) is 14.3. The van der Waals surface area contributed by atoms with Crippen LogP contribution in [0.5, 0.6) is 0 Å². The molecule has 0 spiro atoms. The van der Waals surface area contributed by atoms with E-state index in [0.29, 0.717) is 16.7 Å². The van der Waals surface area contributed by atoms with Crippen LogP contribution in [0, 0.1) is 12.7 Å². The fourth-order valence-corrected chi connectivity index (χ4v) is 2.53. The number of nitrogens with one attached hydrogen (secondary N) is 1. The van der Waals surface area contributed by atoms with Gasteiger partial charge in [-0.05, 0) is 47.0 Å². The first-order valence-corrected chi connectivity index (χ1v) is 8.20. The Morgan fingerprint density at radius 1 is 1.00 bits per heavy atom. The van der Waals surface area contributed by atoms with Crippen molar-refractivity contribution >= 4 is 22.6 Å². The maximum absolute atomic E-state index is 13.5. The van der Waals surface area contributed by atoms with E-state index < -0.39 is 11.9 Å². The smallest absolute Gasteiger partial charge is 0.338 e. The number of amides is 1. The summed E-state index contributed by atoms with van der Waals surface area (Å²) in [6.07, 6.45) is 0. The summed E-state index contributed by atoms with van der Waals surface area (Å²) >= 11 is 0. The van der Waals surface area contributed by atoms with Gasteiger partial charge in [-0.2, -0.15) is 0 Å². The molecule has 0 fully saturated rings. The summed E-state index contributed by atoms with van der Waals surface area (Å²) in [7, 11) is 0. The van der Waals surface area contributed by atoms with Crippen molar-refractivity contribution in [3.05, 3.63) is 83.2 Å². The zero-order valence-corrected chi connectivity index (χ0v) is 14.3. The molecule has 3 aromatic rings. The van der Waals surface area contributed by atoms with E-state index in [1.54, 1.807) is 31.2 Å². The Hall–Kier alpha value is -3.21. The van der Waals surface area contributed by atoms with Gasteiger partial charge in [0.2, 0.25) is 0 Å². The maximum atomic E-state index is 13.5. The monoisotopic (exact) mass is 351 g/mol. The molecule has 0 aromatic heterocycles. The molecular formula is C21H18FNO3. The van der Waals surface area contributed by atoms with E-state index in [1.807, 2.05) is 30.3 Å². The summed E-state index contributed by atoms with van der Waals surface area (Å²) < 4.78 is 18.5. The molecular weight excluding hydrogens is 333 g/mol. The van der Waals surface area contributed by atoms with Gasteiger partial charge in [0.1, 0.15) is 5.82 Å². The van der Waals surface area contributed by atoms with Crippen LogP contribution in [0.2, 0.25) is 0 Å². The van der Waals surface area contributed by atoms with Crippen LogP contribution in [0.3, 0.4) is 0 Å². The Balaban J connectivity index is 1.53. The van der Waals surface area contributed by atoms with Crippen molar-refractivity contribution in [2.24, 2.45) is 0 Å². The van der Waals surface area contributed by atoms with Gasteiger partial charge in [-0.1, -0.05) is 42.5 Å². The van der Waals surface area contributed by atoms with Crippen molar-refractivity contribution in [3.63, 3.8) is 0 Å². The van der Waals surface area contributed by atoms with Crippen LogP contribution in [0.4, 0.5) is 4.39 Å². The number of fused-ring (bicyclic) bond motifs is 1. The van der Waals surface area contributed by atoms with Crippen molar-refractivity contribution in [1.82, 2.24) is 5.32 Å². The number of rotatable bonds is 5. The fourth-order valence-electron chi connectivity index (χ4n) is 2.53. The Morgan fingerprint density at radius 3 is 2.54 bits per heavy atom. The van der Waals surface area contributed by atoms with E-state index in [0.717, 1.165) is 10.8 Å². The van der Waals surface area contributed by atoms with E-state index >= 15 is 0 Å². The Morgan fingerprint density at radius 2 is 1.77 bits per heavy atom. The summed E-state index contributed by atoms with van der Waals surface area (Å²) in [6.45, 7) is 1.45. The second-order valence-corrected chi connectivity index (χ2v) is 6.00. The van der Waals surface area contributed by atoms with Crippen LogP contribution in [-0.2, 0) is 16.1 Å². The van der Waals surface area contributed by atoms with Gasteiger partial charge in [0, 0.05) is 6.54 Å². The maximum Gasteiger partial charge on any atom is 0.338 e. The van der Waals surface area contributed by atoms with Gasteiger partial charge >= 0.3 is 5.97 Å². The predicted octanol–water partition coefficient (Wildman–Crippen LogP) is 3.76. The molecule has 132 valence electrons. The second-order valence-electron chi connectivity index (χ2n) is 6.00. The Kier molecular flexibility index (Phi) is 5.27. The number of hydrogen-bond donors (Lipinski definition) is 1. The van der Waals surface area contributed by atoms with E-state index in [9.17, 15) is 14.0 Å². The standard InChI is InChI=1S/C21H18FNO3/c1-14-6-7-15(10-19(14)22)12-23-20(24)13-26-21(25)18-9-8-16-4-2-3-5-17(16)11-18/h2-11H,12-13H2,1H3,(H,23,24). The third-order valence-electron chi connectivity index (χ3n) is 4.05. The van der Waals surface area contributed by atoms with Crippen molar-refractivity contribution in [3.8, 4) is 0 Å². The summed E-state index contributed by atoms with van der Waals surface area (Å²) in [4.78, 5) is 23.9. The van der Waals surface area contributed by atoms with Crippen LogP contribution in [0.1, 0.15) is 21.5 Å². The highest BCUT2D eigenvalue weighted by Crippen LogP contribution is 2.16. The average Bonchev–Trinajstić information content (AvgIpc) is 2.66. The van der Waals surface area contributed by atoms with Gasteiger partial charge in [0.05, 0.1) is 5.56 Å². The number of carbonyl (C=O) groups excluding carboxylic acids is 2. The highest BCUT2D eigenvalue weighted by Gasteiger charge is 2.11. The SMILES string of the molecule is Cc1ccc(CNC(=O)COC(=O)c2ccc3ccccc3c2)cc1F. The van der Waals surface area contributed by atoms with Gasteiger partial charge < -0.3 is 10.1 Å². The van der Waals surface area contributed by atoms with E-state index in [4.69, 9.17) is 4.74 Å².